The van der Waals surface area contributed by atoms with Crippen LogP contribution in [0.3, 0.4) is 0 Å². The van der Waals surface area contributed by atoms with E-state index < -0.39 is 0 Å². The Labute approximate surface area is 149 Å². The van der Waals surface area contributed by atoms with Crippen molar-refractivity contribution in [2.75, 3.05) is 19.0 Å². The van der Waals surface area contributed by atoms with Crippen LogP contribution in [0.15, 0.2) is 24.3 Å². The van der Waals surface area contributed by atoms with Gasteiger partial charge in [0.1, 0.15) is 6.10 Å². The summed E-state index contributed by atoms with van der Waals surface area (Å²) < 4.78 is 5.41. The third-order valence-corrected chi connectivity index (χ3v) is 5.29. The van der Waals surface area contributed by atoms with Gasteiger partial charge in [-0.15, -0.1) is 0 Å². The van der Waals surface area contributed by atoms with E-state index in [1.807, 2.05) is 30.1 Å². The minimum absolute atomic E-state index is 0.0279. The van der Waals surface area contributed by atoms with E-state index in [1.54, 1.807) is 6.07 Å². The maximum Gasteiger partial charge on any atom is 0.253 e. The smallest absolute Gasteiger partial charge is 0.253 e. The van der Waals surface area contributed by atoms with Crippen molar-refractivity contribution in [2.24, 2.45) is 0 Å². The molecule has 0 radical (unpaired) electrons. The molecule has 5 nitrogen and oxygen atoms in total. The summed E-state index contributed by atoms with van der Waals surface area (Å²) in [6, 6.07) is 7.54. The van der Waals surface area contributed by atoms with Crippen LogP contribution in [0, 0.1) is 0 Å². The van der Waals surface area contributed by atoms with Crippen molar-refractivity contribution in [3.05, 3.63) is 29.8 Å². The lowest BCUT2D eigenvalue weighted by molar-refractivity contribution is -0.124. The Morgan fingerprint density at radius 1 is 1.08 bits per heavy atom. The molecule has 0 bridgehead atoms. The minimum atomic E-state index is -0.368. The topological polar surface area (TPSA) is 58.6 Å². The first-order valence-corrected chi connectivity index (χ1v) is 9.45. The molecule has 1 aliphatic carbocycles. The van der Waals surface area contributed by atoms with Crippen LogP contribution in [-0.4, -0.2) is 42.5 Å². The molecule has 25 heavy (non-hydrogen) atoms. The molecule has 1 aromatic carbocycles. The molecule has 1 aliphatic heterocycles. The monoisotopic (exact) mass is 344 g/mol. The highest BCUT2D eigenvalue weighted by Crippen LogP contribution is 2.23. The van der Waals surface area contributed by atoms with E-state index in [0.717, 1.165) is 25.7 Å². The molecule has 1 saturated heterocycles. The van der Waals surface area contributed by atoms with Crippen molar-refractivity contribution in [1.82, 2.24) is 4.90 Å². The van der Waals surface area contributed by atoms with Crippen molar-refractivity contribution >= 4 is 17.5 Å². The molecular weight excluding hydrogens is 316 g/mol. The number of nitrogens with one attached hydrogen (secondary N) is 1. The molecule has 1 unspecified atom stereocenters. The van der Waals surface area contributed by atoms with Gasteiger partial charge in [-0.25, -0.2) is 0 Å². The molecule has 1 heterocycles. The van der Waals surface area contributed by atoms with E-state index in [2.05, 4.69) is 5.32 Å². The number of anilines is 1. The van der Waals surface area contributed by atoms with Gasteiger partial charge in [-0.05, 0) is 43.9 Å². The van der Waals surface area contributed by atoms with Gasteiger partial charge in [-0.3, -0.25) is 9.59 Å². The number of hydrogen-bond acceptors (Lipinski definition) is 3. The first-order valence-electron chi connectivity index (χ1n) is 9.45. The summed E-state index contributed by atoms with van der Waals surface area (Å²) in [5.74, 6) is -0.0978. The quantitative estimate of drug-likeness (QED) is 0.849. The summed E-state index contributed by atoms with van der Waals surface area (Å²) in [6.45, 7) is 0.642. The molecule has 136 valence electrons. The highest BCUT2D eigenvalue weighted by molar-refractivity contribution is 5.98. The van der Waals surface area contributed by atoms with E-state index in [4.69, 9.17) is 4.74 Å². The molecule has 2 amide bonds. The summed E-state index contributed by atoms with van der Waals surface area (Å²) >= 11 is 0. The zero-order valence-electron chi connectivity index (χ0n) is 15.0. The van der Waals surface area contributed by atoms with E-state index in [9.17, 15) is 9.59 Å². The second-order valence-electron chi connectivity index (χ2n) is 7.13. The lowest BCUT2D eigenvalue weighted by Crippen LogP contribution is -2.36. The van der Waals surface area contributed by atoms with Crippen LogP contribution in [0.4, 0.5) is 5.69 Å². The first kappa shape index (κ1) is 17.9. The fourth-order valence-corrected chi connectivity index (χ4v) is 3.75. The number of rotatable bonds is 4. The second-order valence-corrected chi connectivity index (χ2v) is 7.13. The SMILES string of the molecule is CN(C(=O)c1cccc(NC(=O)C2CCCO2)c1)C1CCCCCC1. The van der Waals surface area contributed by atoms with Crippen molar-refractivity contribution in [1.29, 1.82) is 0 Å². The lowest BCUT2D eigenvalue weighted by atomic mass is 10.1. The number of ether oxygens (including phenoxy) is 1. The standard InChI is InChI=1S/C20H28N2O3/c1-22(17-10-4-2-3-5-11-17)20(24)15-8-6-9-16(14-15)21-19(23)18-12-7-13-25-18/h6,8-9,14,17-18H,2-5,7,10-13H2,1H3,(H,21,23). The Kier molecular flexibility index (Phi) is 6.08. The van der Waals surface area contributed by atoms with Crippen LogP contribution in [0.5, 0.6) is 0 Å². The number of hydrogen-bond donors (Lipinski definition) is 1. The van der Waals surface area contributed by atoms with Crippen LogP contribution in [0.2, 0.25) is 0 Å². The maximum absolute atomic E-state index is 12.8. The van der Waals surface area contributed by atoms with Crippen LogP contribution in [0.25, 0.3) is 0 Å². The normalized spacial score (nSPS) is 21.6. The van der Waals surface area contributed by atoms with Gasteiger partial charge in [0.05, 0.1) is 0 Å². The van der Waals surface area contributed by atoms with Gasteiger partial charge in [-0.2, -0.15) is 0 Å². The Morgan fingerprint density at radius 2 is 1.84 bits per heavy atom. The van der Waals surface area contributed by atoms with E-state index in [-0.39, 0.29) is 17.9 Å². The van der Waals surface area contributed by atoms with Crippen LogP contribution in [0.1, 0.15) is 61.7 Å². The summed E-state index contributed by atoms with van der Waals surface area (Å²) in [4.78, 5) is 26.9. The Balaban J connectivity index is 1.65. The first-order chi connectivity index (χ1) is 12.1. The Morgan fingerprint density at radius 3 is 2.52 bits per heavy atom. The summed E-state index contributed by atoms with van der Waals surface area (Å²) in [6.07, 6.45) is 8.40. The molecule has 2 aliphatic rings. The van der Waals surface area contributed by atoms with Gasteiger partial charge in [-0.1, -0.05) is 31.7 Å². The van der Waals surface area contributed by atoms with Crippen LogP contribution < -0.4 is 5.32 Å². The highest BCUT2D eigenvalue weighted by Gasteiger charge is 2.25. The largest absolute Gasteiger partial charge is 0.368 e. The van der Waals surface area contributed by atoms with Gasteiger partial charge in [0.25, 0.3) is 11.8 Å². The number of benzene rings is 1. The van der Waals surface area contributed by atoms with Crippen molar-refractivity contribution in [2.45, 2.75) is 63.5 Å². The zero-order chi connectivity index (χ0) is 17.6. The molecule has 1 aromatic rings. The van der Waals surface area contributed by atoms with Gasteiger partial charge in [0, 0.05) is 30.9 Å². The van der Waals surface area contributed by atoms with Crippen LogP contribution >= 0.6 is 0 Å². The predicted molar refractivity (Wildman–Crippen MR) is 97.6 cm³/mol. The number of nitrogens with zero attached hydrogens (tertiary/aromatic N) is 1. The second kappa shape index (κ2) is 8.48. The van der Waals surface area contributed by atoms with E-state index in [0.29, 0.717) is 23.9 Å². The third-order valence-electron chi connectivity index (χ3n) is 5.29. The minimum Gasteiger partial charge on any atom is -0.368 e. The molecule has 0 aromatic heterocycles. The fourth-order valence-electron chi connectivity index (χ4n) is 3.75. The van der Waals surface area contributed by atoms with E-state index >= 15 is 0 Å². The molecule has 5 heteroatoms. The Hall–Kier alpha value is -1.88. The van der Waals surface area contributed by atoms with Gasteiger partial charge in [0.15, 0.2) is 0 Å². The van der Waals surface area contributed by atoms with Crippen molar-refractivity contribution in [3.8, 4) is 0 Å². The fraction of sp³-hybridized carbons (Fsp3) is 0.600. The predicted octanol–water partition coefficient (Wildman–Crippen LogP) is 3.60. The summed E-state index contributed by atoms with van der Waals surface area (Å²) in [5, 5.41) is 2.87. The van der Waals surface area contributed by atoms with Gasteiger partial charge in [0.2, 0.25) is 0 Å². The maximum atomic E-state index is 12.8. The van der Waals surface area contributed by atoms with Crippen molar-refractivity contribution in [3.63, 3.8) is 0 Å². The summed E-state index contributed by atoms with van der Waals surface area (Å²) in [7, 11) is 1.90. The molecule has 0 spiro atoms. The third kappa shape index (κ3) is 4.60. The number of amides is 2. The Bertz CT molecular complexity index is 603. The average molecular weight is 344 g/mol. The average Bonchev–Trinajstić information content (AvgIpc) is 3.04. The highest BCUT2D eigenvalue weighted by atomic mass is 16.5. The molecule has 3 rings (SSSR count). The zero-order valence-corrected chi connectivity index (χ0v) is 15.0. The molecule has 2 fully saturated rings. The van der Waals surface area contributed by atoms with Crippen molar-refractivity contribution < 1.29 is 14.3 Å². The van der Waals surface area contributed by atoms with Crippen LogP contribution in [-0.2, 0) is 9.53 Å². The molecule has 1 saturated carbocycles. The number of carbonyl (C=O) groups excluding carboxylic acids is 2. The molecular formula is C20H28N2O3. The number of carbonyl (C=O) groups is 2. The summed E-state index contributed by atoms with van der Waals surface area (Å²) in [5.41, 5.74) is 1.28. The van der Waals surface area contributed by atoms with Gasteiger partial charge >= 0.3 is 0 Å². The molecule has 1 N–H and O–H groups in total. The molecule has 1 atom stereocenters. The van der Waals surface area contributed by atoms with E-state index in [1.165, 1.54) is 25.7 Å². The lowest BCUT2D eigenvalue weighted by Gasteiger charge is -2.27. The van der Waals surface area contributed by atoms with Gasteiger partial charge < -0.3 is 15.0 Å².